The van der Waals surface area contributed by atoms with Gasteiger partial charge in [0.15, 0.2) is 0 Å². The van der Waals surface area contributed by atoms with Crippen molar-refractivity contribution < 1.29 is 17.4 Å². The molecule has 0 amide bonds. The van der Waals surface area contributed by atoms with Gasteiger partial charge in [0.05, 0.1) is 24.5 Å². The normalized spacial score (nSPS) is 18.8. The minimum atomic E-state index is -3.59. The first kappa shape index (κ1) is 30.7. The Labute approximate surface area is 216 Å². The third-order valence-corrected chi connectivity index (χ3v) is 7.38. The number of aryl methyl sites for hydroxylation is 1. The highest BCUT2D eigenvalue weighted by atomic mass is 32.2. The fourth-order valence-electron chi connectivity index (χ4n) is 4.74. The molecule has 9 nitrogen and oxygen atoms in total. The molecule has 0 aromatic carbocycles. The molecular formula is C26H47N3O6S. The van der Waals surface area contributed by atoms with Crippen molar-refractivity contribution in [1.82, 2.24) is 14.2 Å². The van der Waals surface area contributed by atoms with Gasteiger partial charge in [-0.05, 0) is 12.8 Å². The van der Waals surface area contributed by atoms with Gasteiger partial charge >= 0.3 is 5.69 Å². The van der Waals surface area contributed by atoms with Crippen LogP contribution in [-0.4, -0.2) is 48.6 Å². The van der Waals surface area contributed by atoms with Crippen LogP contribution in [0.5, 0.6) is 0 Å². The molecule has 1 aliphatic rings. The Morgan fingerprint density at radius 1 is 0.917 bits per heavy atom. The first-order valence-electron chi connectivity index (χ1n) is 13.8. The van der Waals surface area contributed by atoms with Crippen molar-refractivity contribution >= 4 is 10.1 Å². The predicted octanol–water partition coefficient (Wildman–Crippen LogP) is 4.38. The maximum atomic E-state index is 13.5. The first-order chi connectivity index (χ1) is 17.2. The standard InChI is InChI=1S/C26H47N3O6S/c1-5-7-9-11-13-15-17-28-20-23(24-19-22(35-27(24)3)21-34-36(4,32)33)25(30)29(26(28)31)18-16-14-12-10-8-6-2/h20,22,24H,5-19,21H2,1-4H3/t22-,24+/m1/s1. The van der Waals surface area contributed by atoms with Gasteiger partial charge < -0.3 is 4.57 Å². The number of unbranched alkanes of at least 4 members (excludes halogenated alkanes) is 10. The Morgan fingerprint density at radius 3 is 2.06 bits per heavy atom. The molecule has 10 heteroatoms. The van der Waals surface area contributed by atoms with E-state index in [4.69, 9.17) is 9.02 Å². The molecular weight excluding hydrogens is 482 g/mol. The quantitative estimate of drug-likeness (QED) is 0.205. The molecule has 0 spiro atoms. The Bertz CT molecular complexity index is 1000. The van der Waals surface area contributed by atoms with Crippen molar-refractivity contribution in [3.63, 3.8) is 0 Å². The van der Waals surface area contributed by atoms with E-state index < -0.39 is 16.2 Å². The van der Waals surface area contributed by atoms with E-state index in [9.17, 15) is 18.0 Å². The summed E-state index contributed by atoms with van der Waals surface area (Å²) in [5.74, 6) is 0. The molecule has 0 bridgehead atoms. The molecule has 0 saturated carbocycles. The Balaban J connectivity index is 2.19. The van der Waals surface area contributed by atoms with Crippen molar-refractivity contribution in [3.05, 3.63) is 32.6 Å². The van der Waals surface area contributed by atoms with Gasteiger partial charge in [0.25, 0.3) is 15.7 Å². The second-order valence-corrected chi connectivity index (χ2v) is 11.7. The molecule has 1 aromatic heterocycles. The predicted molar refractivity (Wildman–Crippen MR) is 143 cm³/mol. The fraction of sp³-hybridized carbons (Fsp3) is 0.846. The minimum absolute atomic E-state index is 0.108. The zero-order valence-corrected chi connectivity index (χ0v) is 23.6. The third-order valence-electron chi connectivity index (χ3n) is 6.82. The van der Waals surface area contributed by atoms with E-state index in [2.05, 4.69) is 13.8 Å². The Kier molecular flexibility index (Phi) is 13.4. The van der Waals surface area contributed by atoms with Crippen LogP contribution < -0.4 is 11.2 Å². The smallest absolute Gasteiger partial charge is 0.300 e. The molecule has 2 rings (SSSR count). The zero-order valence-electron chi connectivity index (χ0n) is 22.7. The molecule has 1 aliphatic heterocycles. The molecule has 1 saturated heterocycles. The van der Waals surface area contributed by atoms with Crippen LogP contribution in [0.3, 0.4) is 0 Å². The van der Waals surface area contributed by atoms with Crippen LogP contribution in [0.4, 0.5) is 0 Å². The first-order valence-corrected chi connectivity index (χ1v) is 15.6. The fourth-order valence-corrected chi connectivity index (χ4v) is 5.14. The highest BCUT2D eigenvalue weighted by Gasteiger charge is 2.35. The molecule has 36 heavy (non-hydrogen) atoms. The van der Waals surface area contributed by atoms with E-state index in [1.165, 1.54) is 43.1 Å². The molecule has 2 heterocycles. The summed E-state index contributed by atoms with van der Waals surface area (Å²) in [6, 6.07) is -0.377. The number of rotatable bonds is 18. The number of hydrogen-bond acceptors (Lipinski definition) is 7. The summed E-state index contributed by atoms with van der Waals surface area (Å²) < 4.78 is 30.8. The third kappa shape index (κ3) is 10.1. The lowest BCUT2D eigenvalue weighted by molar-refractivity contribution is -0.151. The van der Waals surface area contributed by atoms with Crippen LogP contribution in [0.2, 0.25) is 0 Å². The van der Waals surface area contributed by atoms with Crippen LogP contribution in [0.15, 0.2) is 15.8 Å². The summed E-state index contributed by atoms with van der Waals surface area (Å²) in [6.45, 7) is 5.25. The Hall–Kier alpha value is -1.49. The van der Waals surface area contributed by atoms with Gasteiger partial charge in [-0.3, -0.25) is 18.4 Å². The van der Waals surface area contributed by atoms with Gasteiger partial charge in [0.1, 0.15) is 6.10 Å². The highest BCUT2D eigenvalue weighted by Crippen LogP contribution is 2.31. The van der Waals surface area contributed by atoms with Gasteiger partial charge in [-0.25, -0.2) is 4.79 Å². The van der Waals surface area contributed by atoms with E-state index in [0.29, 0.717) is 25.1 Å². The second-order valence-electron chi connectivity index (χ2n) is 10.1. The topological polar surface area (TPSA) is 99.8 Å². The average molecular weight is 530 g/mol. The van der Waals surface area contributed by atoms with Gasteiger partial charge in [0, 0.05) is 32.8 Å². The number of aromatic nitrogens is 2. The summed E-state index contributed by atoms with van der Waals surface area (Å²) in [6.07, 6.45) is 15.8. The van der Waals surface area contributed by atoms with E-state index in [1.807, 2.05) is 0 Å². The number of hydroxylamine groups is 2. The lowest BCUT2D eigenvalue weighted by Crippen LogP contribution is -2.43. The molecule has 0 radical (unpaired) electrons. The summed E-state index contributed by atoms with van der Waals surface area (Å²) in [5, 5.41) is 1.59. The average Bonchev–Trinajstić information content (AvgIpc) is 3.20. The SMILES string of the molecule is CCCCCCCCn1cc([C@@H]2C[C@H](COS(C)(=O)=O)ON2C)c(=O)n(CCCCCCCC)c1=O. The van der Waals surface area contributed by atoms with Crippen LogP contribution in [0, 0.1) is 0 Å². The van der Waals surface area contributed by atoms with Crippen LogP contribution >= 0.6 is 0 Å². The maximum Gasteiger partial charge on any atom is 0.330 e. The van der Waals surface area contributed by atoms with Crippen LogP contribution in [-0.2, 0) is 32.2 Å². The van der Waals surface area contributed by atoms with Crippen LogP contribution in [0.1, 0.15) is 109 Å². The summed E-state index contributed by atoms with van der Waals surface area (Å²) in [4.78, 5) is 32.5. The van der Waals surface area contributed by atoms with E-state index in [1.54, 1.807) is 22.9 Å². The van der Waals surface area contributed by atoms with Gasteiger partial charge in [-0.15, -0.1) is 0 Å². The van der Waals surface area contributed by atoms with Gasteiger partial charge in [-0.1, -0.05) is 78.1 Å². The van der Waals surface area contributed by atoms with E-state index in [-0.39, 0.29) is 23.9 Å². The largest absolute Gasteiger partial charge is 0.330 e. The van der Waals surface area contributed by atoms with Crippen LogP contribution in [0.25, 0.3) is 0 Å². The number of hydrogen-bond donors (Lipinski definition) is 0. The molecule has 0 unspecified atom stereocenters. The molecule has 1 aromatic rings. The second kappa shape index (κ2) is 15.7. The van der Waals surface area contributed by atoms with Crippen molar-refractivity contribution in [1.29, 1.82) is 0 Å². The molecule has 0 N–H and O–H groups in total. The van der Waals surface area contributed by atoms with Crippen molar-refractivity contribution in [2.45, 2.75) is 123 Å². The number of nitrogens with zero attached hydrogens (tertiary/aromatic N) is 3. The zero-order chi connectivity index (χ0) is 26.6. The summed E-state index contributed by atoms with van der Waals surface area (Å²) >= 11 is 0. The minimum Gasteiger partial charge on any atom is -0.300 e. The van der Waals surface area contributed by atoms with Crippen molar-refractivity contribution in [2.75, 3.05) is 19.9 Å². The summed E-state index contributed by atoms with van der Waals surface area (Å²) in [5.41, 5.74) is -0.0156. The van der Waals surface area contributed by atoms with E-state index >= 15 is 0 Å². The molecule has 2 atom stereocenters. The van der Waals surface area contributed by atoms with Gasteiger partial charge in [0.2, 0.25) is 0 Å². The molecule has 208 valence electrons. The monoisotopic (exact) mass is 529 g/mol. The lowest BCUT2D eigenvalue weighted by atomic mass is 10.0. The summed E-state index contributed by atoms with van der Waals surface area (Å²) in [7, 11) is -1.86. The molecule has 1 fully saturated rings. The van der Waals surface area contributed by atoms with Crippen molar-refractivity contribution in [3.8, 4) is 0 Å². The molecule has 0 aliphatic carbocycles. The maximum absolute atomic E-state index is 13.5. The Morgan fingerprint density at radius 2 is 1.47 bits per heavy atom. The highest BCUT2D eigenvalue weighted by molar-refractivity contribution is 7.85. The lowest BCUT2D eigenvalue weighted by Gasteiger charge is -2.20. The van der Waals surface area contributed by atoms with E-state index in [0.717, 1.165) is 44.8 Å². The van der Waals surface area contributed by atoms with Gasteiger partial charge in [-0.2, -0.15) is 13.5 Å². The van der Waals surface area contributed by atoms with Crippen molar-refractivity contribution in [2.24, 2.45) is 0 Å².